The van der Waals surface area contributed by atoms with Gasteiger partial charge in [-0.2, -0.15) is 0 Å². The maximum absolute atomic E-state index is 12.7. The molecule has 1 N–H and O–H groups in total. The highest BCUT2D eigenvalue weighted by atomic mass is 32.2. The minimum atomic E-state index is -0.262. The lowest BCUT2D eigenvalue weighted by Gasteiger charge is -2.18. The zero-order valence-corrected chi connectivity index (χ0v) is 13.6. The Morgan fingerprint density at radius 2 is 2.27 bits per heavy atom. The molecule has 0 saturated carbocycles. The summed E-state index contributed by atoms with van der Waals surface area (Å²) in [5.41, 5.74) is 0.469. The van der Waals surface area contributed by atoms with Crippen LogP contribution in [0.1, 0.15) is 17.7 Å². The van der Waals surface area contributed by atoms with Crippen molar-refractivity contribution in [2.24, 2.45) is 0 Å². The van der Waals surface area contributed by atoms with Gasteiger partial charge in [-0.05, 0) is 24.3 Å². The summed E-state index contributed by atoms with van der Waals surface area (Å²) in [7, 11) is 0. The number of aliphatic hydroxyl groups is 1. The predicted octanol–water partition coefficient (Wildman–Crippen LogP) is 1.73. The molecule has 3 rings (SSSR count). The lowest BCUT2D eigenvalue weighted by molar-refractivity contribution is -0.138. The minimum Gasteiger partial charge on any atom is -0.396 e. The average Bonchev–Trinajstić information content (AvgIpc) is 3.23. The summed E-state index contributed by atoms with van der Waals surface area (Å²) >= 11 is 2.69. The molecule has 0 aliphatic carbocycles. The number of thiophene rings is 1. The highest BCUT2D eigenvalue weighted by molar-refractivity contribution is 8.04. The van der Waals surface area contributed by atoms with Gasteiger partial charge in [0.1, 0.15) is 0 Å². The van der Waals surface area contributed by atoms with Crippen LogP contribution >= 0.6 is 23.1 Å². The van der Waals surface area contributed by atoms with E-state index >= 15 is 0 Å². The summed E-state index contributed by atoms with van der Waals surface area (Å²) < 4.78 is 5.55. The second-order valence-corrected chi connectivity index (χ2v) is 7.16. The molecule has 1 unspecified atom stereocenters. The third-order valence-corrected chi connectivity index (χ3v) is 5.58. The molecule has 2 amide bonds. The topological polar surface area (TPSA) is 66.8 Å². The highest BCUT2D eigenvalue weighted by Crippen LogP contribution is 2.38. The van der Waals surface area contributed by atoms with Gasteiger partial charge in [-0.15, -0.1) is 23.1 Å². The van der Waals surface area contributed by atoms with Crippen molar-refractivity contribution >= 4 is 40.5 Å². The van der Waals surface area contributed by atoms with Crippen LogP contribution < -0.4 is 0 Å². The zero-order valence-electron chi connectivity index (χ0n) is 12.0. The van der Waals surface area contributed by atoms with Crippen LogP contribution in [0.3, 0.4) is 0 Å². The first-order valence-electron chi connectivity index (χ1n) is 7.22. The summed E-state index contributed by atoms with van der Waals surface area (Å²) in [6.45, 7) is 0.979. The molecule has 5 nitrogen and oxygen atoms in total. The highest BCUT2D eigenvalue weighted by Gasteiger charge is 2.40. The van der Waals surface area contributed by atoms with E-state index in [1.165, 1.54) is 28.0 Å². The molecule has 7 heteroatoms. The first-order valence-corrected chi connectivity index (χ1v) is 9.08. The maximum atomic E-state index is 12.7. The summed E-state index contributed by atoms with van der Waals surface area (Å²) in [4.78, 5) is 27.8. The molecule has 1 atom stereocenters. The Labute approximate surface area is 136 Å². The Morgan fingerprint density at radius 1 is 1.41 bits per heavy atom. The number of imide groups is 1. The molecule has 1 aromatic heterocycles. The van der Waals surface area contributed by atoms with Gasteiger partial charge in [0.05, 0.1) is 29.7 Å². The van der Waals surface area contributed by atoms with Crippen LogP contribution in [0.15, 0.2) is 22.4 Å². The molecular formula is C15H17NO4S2. The van der Waals surface area contributed by atoms with Gasteiger partial charge >= 0.3 is 0 Å². The molecule has 1 saturated heterocycles. The molecule has 22 heavy (non-hydrogen) atoms. The summed E-state index contributed by atoms with van der Waals surface area (Å²) in [5.74, 6) is -0.109. The van der Waals surface area contributed by atoms with Crippen LogP contribution in [-0.2, 0) is 14.3 Å². The van der Waals surface area contributed by atoms with Crippen molar-refractivity contribution in [1.82, 2.24) is 4.90 Å². The van der Waals surface area contributed by atoms with Gasteiger partial charge in [0.2, 0.25) is 0 Å². The van der Waals surface area contributed by atoms with E-state index in [0.717, 1.165) is 17.7 Å². The third kappa shape index (κ3) is 2.99. The van der Waals surface area contributed by atoms with Gasteiger partial charge in [0.25, 0.3) is 11.8 Å². The second-order valence-electron chi connectivity index (χ2n) is 5.11. The van der Waals surface area contributed by atoms with Gasteiger partial charge in [-0.3, -0.25) is 14.5 Å². The van der Waals surface area contributed by atoms with Crippen LogP contribution in [0.5, 0.6) is 0 Å². The maximum Gasteiger partial charge on any atom is 0.268 e. The van der Waals surface area contributed by atoms with Crippen molar-refractivity contribution in [3.63, 3.8) is 0 Å². The predicted molar refractivity (Wildman–Crippen MR) is 86.5 cm³/mol. The Hall–Kier alpha value is -1.15. The van der Waals surface area contributed by atoms with Gasteiger partial charge in [-0.25, -0.2) is 0 Å². The SMILES string of the molecule is O=C1C(SCCO)=C(c2cccs2)C(=O)N1CC1CCCO1. The summed E-state index contributed by atoms with van der Waals surface area (Å²) in [5, 5.41) is 10.9. The molecular weight excluding hydrogens is 322 g/mol. The van der Waals surface area contributed by atoms with Crippen LogP contribution in [-0.4, -0.2) is 53.4 Å². The minimum absolute atomic E-state index is 0.0287. The number of hydrogen-bond acceptors (Lipinski definition) is 6. The van der Waals surface area contributed by atoms with Crippen LogP contribution in [0.4, 0.5) is 0 Å². The van der Waals surface area contributed by atoms with Crippen LogP contribution in [0.2, 0.25) is 0 Å². The molecule has 0 aromatic carbocycles. The van der Waals surface area contributed by atoms with Gasteiger partial charge in [0, 0.05) is 17.2 Å². The van der Waals surface area contributed by atoms with E-state index in [2.05, 4.69) is 0 Å². The molecule has 0 radical (unpaired) electrons. The lowest BCUT2D eigenvalue weighted by atomic mass is 10.2. The number of rotatable bonds is 6. The number of thioether (sulfide) groups is 1. The van der Waals surface area contributed by atoms with Crippen molar-refractivity contribution in [3.05, 3.63) is 27.3 Å². The number of carbonyl (C=O) groups is 2. The van der Waals surface area contributed by atoms with Crippen molar-refractivity contribution in [2.45, 2.75) is 18.9 Å². The second kappa shape index (κ2) is 6.95. The van der Waals surface area contributed by atoms with Crippen LogP contribution in [0, 0.1) is 0 Å². The molecule has 118 valence electrons. The Bertz CT molecular complexity index is 591. The number of ether oxygens (including phenoxy) is 1. The Kier molecular flexibility index (Phi) is 4.97. The standard InChI is InChI=1S/C15H17NO4S2/c17-5-8-22-13-12(11-4-2-7-21-11)14(18)16(15(13)19)9-10-3-1-6-20-10/h2,4,7,10,17H,1,3,5-6,8-9H2. The molecule has 3 heterocycles. The van der Waals surface area contributed by atoms with E-state index < -0.39 is 0 Å². The number of hydrogen-bond donors (Lipinski definition) is 1. The average molecular weight is 339 g/mol. The van der Waals surface area contributed by atoms with Crippen molar-refractivity contribution in [1.29, 1.82) is 0 Å². The molecule has 1 fully saturated rings. The van der Waals surface area contributed by atoms with Crippen molar-refractivity contribution < 1.29 is 19.4 Å². The fraction of sp³-hybridized carbons (Fsp3) is 0.467. The van der Waals surface area contributed by atoms with Crippen LogP contribution in [0.25, 0.3) is 5.57 Å². The molecule has 0 spiro atoms. The quantitative estimate of drug-likeness (QED) is 0.800. The van der Waals surface area contributed by atoms with Crippen molar-refractivity contribution in [3.8, 4) is 0 Å². The number of aliphatic hydroxyl groups excluding tert-OH is 1. The van der Waals surface area contributed by atoms with E-state index in [9.17, 15) is 9.59 Å². The zero-order chi connectivity index (χ0) is 15.5. The Morgan fingerprint density at radius 3 is 2.91 bits per heavy atom. The van der Waals surface area contributed by atoms with E-state index in [-0.39, 0.29) is 24.5 Å². The fourth-order valence-electron chi connectivity index (χ4n) is 2.63. The molecule has 0 bridgehead atoms. The lowest BCUT2D eigenvalue weighted by Crippen LogP contribution is -2.37. The van der Waals surface area contributed by atoms with Gasteiger partial charge in [-0.1, -0.05) is 6.07 Å². The summed E-state index contributed by atoms with van der Waals surface area (Å²) in [6, 6.07) is 3.71. The molecule has 2 aliphatic rings. The first kappa shape index (κ1) is 15.7. The third-order valence-electron chi connectivity index (χ3n) is 3.64. The molecule has 1 aromatic rings. The van der Waals surface area contributed by atoms with E-state index in [1.54, 1.807) is 0 Å². The number of nitrogens with zero attached hydrogens (tertiary/aromatic N) is 1. The smallest absolute Gasteiger partial charge is 0.268 e. The monoisotopic (exact) mass is 339 g/mol. The Balaban J connectivity index is 1.86. The van der Waals surface area contributed by atoms with E-state index in [1.807, 2.05) is 17.5 Å². The molecule has 2 aliphatic heterocycles. The normalized spacial score (nSPS) is 22.2. The van der Waals surface area contributed by atoms with Gasteiger partial charge < -0.3 is 9.84 Å². The number of carbonyl (C=O) groups excluding carboxylic acids is 2. The number of amides is 2. The largest absolute Gasteiger partial charge is 0.396 e. The first-order chi connectivity index (χ1) is 10.7. The van der Waals surface area contributed by atoms with Crippen molar-refractivity contribution in [2.75, 3.05) is 25.5 Å². The summed E-state index contributed by atoms with van der Waals surface area (Å²) in [6.07, 6.45) is 1.79. The van der Waals surface area contributed by atoms with E-state index in [4.69, 9.17) is 9.84 Å². The van der Waals surface area contributed by atoms with E-state index in [0.29, 0.717) is 29.4 Å². The van der Waals surface area contributed by atoms with Gasteiger partial charge in [0.15, 0.2) is 0 Å². The fourth-order valence-corrected chi connectivity index (χ4v) is 4.33.